The Morgan fingerprint density at radius 3 is 2.18 bits per heavy atom. The van der Waals surface area contributed by atoms with Gasteiger partial charge in [0, 0.05) is 7.05 Å². The van der Waals surface area contributed by atoms with Gasteiger partial charge >= 0.3 is 5.97 Å². The lowest BCUT2D eigenvalue weighted by molar-refractivity contribution is -0.152. The summed E-state index contributed by atoms with van der Waals surface area (Å²) in [6.07, 6.45) is 1.34. The Morgan fingerprint density at radius 2 is 1.91 bits per heavy atom. The highest BCUT2D eigenvalue weighted by Crippen LogP contribution is 2.34. The van der Waals surface area contributed by atoms with Gasteiger partial charge in [-0.15, -0.1) is 0 Å². The van der Waals surface area contributed by atoms with Crippen LogP contribution < -0.4 is 5.32 Å². The third-order valence-electron chi connectivity index (χ3n) is 2.17. The highest BCUT2D eigenvalue weighted by Gasteiger charge is 2.40. The van der Waals surface area contributed by atoms with Gasteiger partial charge in [0.1, 0.15) is 0 Å². The second kappa shape index (κ2) is 2.90. The molecule has 0 spiro atoms. The van der Waals surface area contributed by atoms with Crippen LogP contribution in [0.3, 0.4) is 0 Å². The number of hydrogen-bond acceptors (Lipinski definition) is 2. The summed E-state index contributed by atoms with van der Waals surface area (Å²) in [6, 6.07) is 0. The highest BCUT2D eigenvalue weighted by molar-refractivity contribution is 5.86. The van der Waals surface area contributed by atoms with E-state index in [9.17, 15) is 9.59 Å². The summed E-state index contributed by atoms with van der Waals surface area (Å²) in [5, 5.41) is 11.0. The molecule has 0 unspecified atom stereocenters. The maximum absolute atomic E-state index is 10.9. The van der Waals surface area contributed by atoms with E-state index in [0.717, 1.165) is 0 Å². The average molecular weight is 157 g/mol. The minimum Gasteiger partial charge on any atom is -0.481 e. The van der Waals surface area contributed by atoms with Crippen LogP contribution in [0.1, 0.15) is 12.8 Å². The van der Waals surface area contributed by atoms with Crippen molar-refractivity contribution >= 4 is 11.9 Å². The molecule has 0 aromatic rings. The molecule has 0 heterocycles. The SMILES string of the molecule is CNC(=O)[C@@H]1CC[C@H]1C(=O)O. The van der Waals surface area contributed by atoms with Gasteiger partial charge in [0.25, 0.3) is 0 Å². The summed E-state index contributed by atoms with van der Waals surface area (Å²) in [5.41, 5.74) is 0. The molecule has 0 radical (unpaired) electrons. The predicted octanol–water partition coefficient (Wildman–Crippen LogP) is -0.157. The summed E-state index contributed by atoms with van der Waals surface area (Å²) in [6.45, 7) is 0. The lowest BCUT2D eigenvalue weighted by Gasteiger charge is -2.31. The number of rotatable bonds is 2. The maximum Gasteiger partial charge on any atom is 0.307 e. The first kappa shape index (κ1) is 8.04. The van der Waals surface area contributed by atoms with E-state index in [1.165, 1.54) is 7.05 Å². The van der Waals surface area contributed by atoms with E-state index >= 15 is 0 Å². The molecule has 4 nitrogen and oxygen atoms in total. The van der Waals surface area contributed by atoms with Crippen LogP contribution in [-0.4, -0.2) is 24.0 Å². The number of nitrogens with one attached hydrogen (secondary N) is 1. The van der Waals surface area contributed by atoms with E-state index in [1.807, 2.05) is 0 Å². The first-order valence-corrected chi connectivity index (χ1v) is 3.61. The number of carbonyl (C=O) groups is 2. The third-order valence-corrected chi connectivity index (χ3v) is 2.17. The van der Waals surface area contributed by atoms with Gasteiger partial charge in [-0.25, -0.2) is 0 Å². The Kier molecular flexibility index (Phi) is 2.12. The predicted molar refractivity (Wildman–Crippen MR) is 37.9 cm³/mol. The van der Waals surface area contributed by atoms with Crippen LogP contribution in [0.15, 0.2) is 0 Å². The molecule has 0 saturated heterocycles. The van der Waals surface area contributed by atoms with E-state index in [4.69, 9.17) is 5.11 Å². The zero-order valence-corrected chi connectivity index (χ0v) is 6.33. The zero-order chi connectivity index (χ0) is 8.43. The number of carboxylic acid groups (broad SMARTS) is 1. The first-order chi connectivity index (χ1) is 5.16. The van der Waals surface area contributed by atoms with E-state index in [2.05, 4.69) is 5.32 Å². The maximum atomic E-state index is 10.9. The van der Waals surface area contributed by atoms with E-state index in [0.29, 0.717) is 12.8 Å². The molecule has 1 aliphatic carbocycles. The summed E-state index contributed by atoms with van der Waals surface area (Å²) in [4.78, 5) is 21.4. The summed E-state index contributed by atoms with van der Waals surface area (Å²) >= 11 is 0. The van der Waals surface area contributed by atoms with Crippen molar-refractivity contribution in [3.63, 3.8) is 0 Å². The number of carbonyl (C=O) groups excluding carboxylic acids is 1. The number of amides is 1. The smallest absolute Gasteiger partial charge is 0.307 e. The molecular weight excluding hydrogens is 146 g/mol. The summed E-state index contributed by atoms with van der Waals surface area (Å²) < 4.78 is 0. The molecule has 2 N–H and O–H groups in total. The van der Waals surface area contributed by atoms with Crippen molar-refractivity contribution in [2.45, 2.75) is 12.8 Å². The van der Waals surface area contributed by atoms with Gasteiger partial charge in [-0.05, 0) is 12.8 Å². The minimum absolute atomic E-state index is 0.149. The monoisotopic (exact) mass is 157 g/mol. The molecule has 0 bridgehead atoms. The normalized spacial score (nSPS) is 28.8. The van der Waals surface area contributed by atoms with Crippen molar-refractivity contribution in [3.8, 4) is 0 Å². The Labute approximate surface area is 64.6 Å². The second-order valence-electron chi connectivity index (χ2n) is 2.74. The molecule has 1 rings (SSSR count). The fraction of sp³-hybridized carbons (Fsp3) is 0.714. The fourth-order valence-electron chi connectivity index (χ4n) is 1.29. The van der Waals surface area contributed by atoms with Crippen molar-refractivity contribution in [2.24, 2.45) is 11.8 Å². The highest BCUT2D eigenvalue weighted by atomic mass is 16.4. The van der Waals surface area contributed by atoms with E-state index < -0.39 is 11.9 Å². The lowest BCUT2D eigenvalue weighted by atomic mass is 9.73. The molecular formula is C7H11NO3. The van der Waals surface area contributed by atoms with Gasteiger partial charge in [-0.2, -0.15) is 0 Å². The van der Waals surface area contributed by atoms with E-state index in [-0.39, 0.29) is 11.8 Å². The fourth-order valence-corrected chi connectivity index (χ4v) is 1.29. The van der Waals surface area contributed by atoms with E-state index in [1.54, 1.807) is 0 Å². The van der Waals surface area contributed by atoms with Gasteiger partial charge in [-0.3, -0.25) is 9.59 Å². The number of carboxylic acids is 1. The molecule has 0 aliphatic heterocycles. The van der Waals surface area contributed by atoms with Crippen LogP contribution in [0.2, 0.25) is 0 Å². The molecule has 11 heavy (non-hydrogen) atoms. The quantitative estimate of drug-likeness (QED) is 0.585. The molecule has 0 aromatic carbocycles. The molecule has 62 valence electrons. The number of aliphatic carboxylic acids is 1. The Hall–Kier alpha value is -1.06. The molecule has 1 amide bonds. The van der Waals surface area contributed by atoms with Crippen LogP contribution in [0, 0.1) is 11.8 Å². The molecule has 1 fully saturated rings. The van der Waals surface area contributed by atoms with Crippen LogP contribution in [-0.2, 0) is 9.59 Å². The van der Waals surface area contributed by atoms with Crippen LogP contribution in [0.4, 0.5) is 0 Å². The van der Waals surface area contributed by atoms with Crippen molar-refractivity contribution < 1.29 is 14.7 Å². The van der Waals surface area contributed by atoms with Crippen LogP contribution >= 0.6 is 0 Å². The average Bonchev–Trinajstić information content (AvgIpc) is 1.83. The van der Waals surface area contributed by atoms with Gasteiger partial charge in [0.15, 0.2) is 0 Å². The van der Waals surface area contributed by atoms with Gasteiger partial charge in [0.2, 0.25) is 5.91 Å². The third kappa shape index (κ3) is 1.34. The van der Waals surface area contributed by atoms with Crippen LogP contribution in [0.5, 0.6) is 0 Å². The van der Waals surface area contributed by atoms with Crippen molar-refractivity contribution in [1.82, 2.24) is 5.32 Å². The van der Waals surface area contributed by atoms with Crippen molar-refractivity contribution in [2.75, 3.05) is 7.05 Å². The molecule has 4 heteroatoms. The second-order valence-corrected chi connectivity index (χ2v) is 2.74. The van der Waals surface area contributed by atoms with Crippen LogP contribution in [0.25, 0.3) is 0 Å². The Bertz CT molecular complexity index is 190. The topological polar surface area (TPSA) is 66.4 Å². The summed E-state index contributed by atoms with van der Waals surface area (Å²) in [7, 11) is 1.53. The van der Waals surface area contributed by atoms with Gasteiger partial charge in [0.05, 0.1) is 11.8 Å². The molecule has 1 saturated carbocycles. The molecule has 1 aliphatic rings. The molecule has 0 aromatic heterocycles. The summed E-state index contributed by atoms with van der Waals surface area (Å²) in [5.74, 6) is -1.75. The standard InChI is InChI=1S/C7H11NO3/c1-8-6(9)4-2-3-5(4)7(10)11/h4-5H,2-3H2,1H3,(H,8,9)(H,10,11)/t4-,5-/m1/s1. The van der Waals surface area contributed by atoms with Crippen molar-refractivity contribution in [3.05, 3.63) is 0 Å². The van der Waals surface area contributed by atoms with Gasteiger partial charge in [-0.1, -0.05) is 0 Å². The zero-order valence-electron chi connectivity index (χ0n) is 6.33. The Balaban J connectivity index is 2.49. The first-order valence-electron chi connectivity index (χ1n) is 3.61. The lowest BCUT2D eigenvalue weighted by Crippen LogP contribution is -2.42. The molecule has 2 atom stereocenters. The van der Waals surface area contributed by atoms with Crippen molar-refractivity contribution in [1.29, 1.82) is 0 Å². The largest absolute Gasteiger partial charge is 0.481 e. The minimum atomic E-state index is -0.857. The Morgan fingerprint density at radius 1 is 1.36 bits per heavy atom. The van der Waals surface area contributed by atoms with Gasteiger partial charge < -0.3 is 10.4 Å². The number of hydrogen-bond donors (Lipinski definition) is 2.